The molecule has 18 heavy (non-hydrogen) atoms. The van der Waals surface area contributed by atoms with E-state index in [1.807, 2.05) is 6.07 Å². The first kappa shape index (κ1) is 13.2. The lowest BCUT2D eigenvalue weighted by molar-refractivity contribution is 0.518. The molecule has 2 rings (SSSR count). The first-order chi connectivity index (χ1) is 8.23. The molecule has 100 valence electrons. The van der Waals surface area contributed by atoms with Crippen LogP contribution in [0.4, 0.5) is 11.4 Å². The lowest BCUT2D eigenvalue weighted by atomic mass is 10.0. The number of benzene rings is 1. The molecule has 1 aromatic carbocycles. The van der Waals surface area contributed by atoms with Gasteiger partial charge in [0.2, 0.25) is 10.0 Å². The van der Waals surface area contributed by atoms with Crippen LogP contribution >= 0.6 is 0 Å². The summed E-state index contributed by atoms with van der Waals surface area (Å²) in [5.74, 6) is 0. The van der Waals surface area contributed by atoms with E-state index in [0.29, 0.717) is 0 Å². The highest BCUT2D eigenvalue weighted by Crippen LogP contribution is 2.38. The molecule has 0 bridgehead atoms. The van der Waals surface area contributed by atoms with Crippen LogP contribution in [0.15, 0.2) is 23.1 Å². The summed E-state index contributed by atoms with van der Waals surface area (Å²) in [5.41, 5.74) is 6.96. The molecular formula is C12H19N3O2S. The van der Waals surface area contributed by atoms with Crippen LogP contribution < -0.4 is 15.8 Å². The van der Waals surface area contributed by atoms with Crippen molar-refractivity contribution in [1.82, 2.24) is 0 Å². The number of anilines is 2. The maximum absolute atomic E-state index is 11.5. The van der Waals surface area contributed by atoms with Crippen molar-refractivity contribution in [1.29, 1.82) is 0 Å². The summed E-state index contributed by atoms with van der Waals surface area (Å²) in [6.07, 6.45) is 2.14. The summed E-state index contributed by atoms with van der Waals surface area (Å²) in [6, 6.07) is 4.97. The van der Waals surface area contributed by atoms with Crippen molar-refractivity contribution in [2.75, 3.05) is 17.2 Å². The average molecular weight is 269 g/mol. The Balaban J connectivity index is 2.54. The van der Waals surface area contributed by atoms with Gasteiger partial charge in [0.25, 0.3) is 0 Å². The minimum atomic E-state index is -3.77. The van der Waals surface area contributed by atoms with E-state index in [4.69, 9.17) is 10.9 Å². The lowest BCUT2D eigenvalue weighted by Crippen LogP contribution is -2.38. The molecule has 1 fully saturated rings. The standard InChI is InChI=1S/C12H19N3O2S/c1-12(2)7-4-8-15(12)9-5-3-6-10(11(9)13)18(14,16)17/h3,5-6H,4,7-8,13H2,1-2H3,(H2,14,16,17). The Bertz CT molecular complexity index is 567. The quantitative estimate of drug-likeness (QED) is 0.792. The summed E-state index contributed by atoms with van der Waals surface area (Å²) in [6.45, 7) is 5.14. The van der Waals surface area contributed by atoms with Crippen molar-refractivity contribution in [2.45, 2.75) is 37.1 Å². The molecule has 0 saturated carbocycles. The zero-order valence-electron chi connectivity index (χ0n) is 10.7. The van der Waals surface area contributed by atoms with Crippen molar-refractivity contribution in [3.8, 4) is 0 Å². The van der Waals surface area contributed by atoms with Crippen molar-refractivity contribution < 1.29 is 8.42 Å². The number of sulfonamides is 1. The second-order valence-corrected chi connectivity index (χ2v) is 6.83. The number of nitrogens with two attached hydrogens (primary N) is 2. The summed E-state index contributed by atoms with van der Waals surface area (Å²) < 4.78 is 22.9. The van der Waals surface area contributed by atoms with Crippen LogP contribution in [-0.2, 0) is 10.0 Å². The average Bonchev–Trinajstić information content (AvgIpc) is 2.57. The number of nitrogens with zero attached hydrogens (tertiary/aromatic N) is 1. The van der Waals surface area contributed by atoms with Gasteiger partial charge in [-0.15, -0.1) is 0 Å². The minimum absolute atomic E-state index is 0.00250. The Morgan fingerprint density at radius 1 is 1.33 bits per heavy atom. The van der Waals surface area contributed by atoms with E-state index in [0.717, 1.165) is 25.1 Å². The number of para-hydroxylation sites is 1. The van der Waals surface area contributed by atoms with Crippen molar-refractivity contribution in [3.05, 3.63) is 18.2 Å². The first-order valence-electron chi connectivity index (χ1n) is 5.92. The molecule has 6 heteroatoms. The van der Waals surface area contributed by atoms with E-state index in [1.165, 1.54) is 6.07 Å². The topological polar surface area (TPSA) is 89.4 Å². The number of primary sulfonamides is 1. The third kappa shape index (κ3) is 2.18. The monoisotopic (exact) mass is 269 g/mol. The number of nitrogen functional groups attached to an aromatic ring is 1. The molecule has 4 N–H and O–H groups in total. The molecule has 0 spiro atoms. The highest BCUT2D eigenvalue weighted by Gasteiger charge is 2.33. The fourth-order valence-electron chi connectivity index (χ4n) is 2.57. The van der Waals surface area contributed by atoms with E-state index >= 15 is 0 Å². The summed E-state index contributed by atoms with van der Waals surface area (Å²) in [7, 11) is -3.77. The fraction of sp³-hybridized carbons (Fsp3) is 0.500. The Morgan fingerprint density at radius 2 is 2.00 bits per heavy atom. The van der Waals surface area contributed by atoms with Gasteiger partial charge in [0.1, 0.15) is 4.90 Å². The smallest absolute Gasteiger partial charge is 0.240 e. The molecule has 0 radical (unpaired) electrons. The van der Waals surface area contributed by atoms with E-state index < -0.39 is 10.0 Å². The Hall–Kier alpha value is -1.27. The van der Waals surface area contributed by atoms with Gasteiger partial charge in [-0.25, -0.2) is 13.6 Å². The van der Waals surface area contributed by atoms with Crippen molar-refractivity contribution >= 4 is 21.4 Å². The molecule has 1 aromatic rings. The van der Waals surface area contributed by atoms with Gasteiger partial charge in [-0.2, -0.15) is 0 Å². The van der Waals surface area contributed by atoms with Crippen LogP contribution in [0.2, 0.25) is 0 Å². The maximum atomic E-state index is 11.5. The number of hydrogen-bond donors (Lipinski definition) is 2. The van der Waals surface area contributed by atoms with Gasteiger partial charge >= 0.3 is 0 Å². The minimum Gasteiger partial charge on any atom is -0.396 e. The van der Waals surface area contributed by atoms with Crippen LogP contribution in [0.3, 0.4) is 0 Å². The highest BCUT2D eigenvalue weighted by molar-refractivity contribution is 7.89. The summed E-state index contributed by atoms with van der Waals surface area (Å²) in [4.78, 5) is 2.15. The van der Waals surface area contributed by atoms with Crippen LogP contribution in [0, 0.1) is 0 Å². The van der Waals surface area contributed by atoms with Gasteiger partial charge < -0.3 is 10.6 Å². The van der Waals surface area contributed by atoms with E-state index in [2.05, 4.69) is 18.7 Å². The Morgan fingerprint density at radius 3 is 2.50 bits per heavy atom. The second kappa shape index (κ2) is 4.13. The molecule has 1 aliphatic heterocycles. The first-order valence-corrected chi connectivity index (χ1v) is 7.47. The maximum Gasteiger partial charge on any atom is 0.240 e. The molecule has 0 aliphatic carbocycles. The molecule has 0 atom stereocenters. The SMILES string of the molecule is CC1(C)CCCN1c1cccc(S(N)(=O)=O)c1N. The normalized spacial score (nSPS) is 19.2. The Labute approximate surface area is 108 Å². The fourth-order valence-corrected chi connectivity index (χ4v) is 3.25. The molecule has 0 aromatic heterocycles. The summed E-state index contributed by atoms with van der Waals surface area (Å²) >= 11 is 0. The zero-order valence-corrected chi connectivity index (χ0v) is 11.5. The van der Waals surface area contributed by atoms with E-state index in [1.54, 1.807) is 6.07 Å². The molecule has 1 saturated heterocycles. The van der Waals surface area contributed by atoms with Gasteiger partial charge in [0, 0.05) is 12.1 Å². The van der Waals surface area contributed by atoms with Crippen molar-refractivity contribution in [3.63, 3.8) is 0 Å². The van der Waals surface area contributed by atoms with Crippen LogP contribution in [-0.4, -0.2) is 20.5 Å². The molecule has 1 aliphatic rings. The lowest BCUT2D eigenvalue weighted by Gasteiger charge is -2.34. The van der Waals surface area contributed by atoms with Crippen LogP contribution in [0.1, 0.15) is 26.7 Å². The van der Waals surface area contributed by atoms with Gasteiger partial charge in [-0.1, -0.05) is 6.07 Å². The van der Waals surface area contributed by atoms with Gasteiger partial charge in [0.05, 0.1) is 11.4 Å². The van der Waals surface area contributed by atoms with Gasteiger partial charge in [-0.05, 0) is 38.8 Å². The predicted octanol–water partition coefficient (Wildman–Crippen LogP) is 1.30. The molecule has 0 amide bonds. The zero-order chi connectivity index (χ0) is 13.6. The largest absolute Gasteiger partial charge is 0.396 e. The highest BCUT2D eigenvalue weighted by atomic mass is 32.2. The van der Waals surface area contributed by atoms with Crippen LogP contribution in [0.25, 0.3) is 0 Å². The number of rotatable bonds is 2. The molecular weight excluding hydrogens is 250 g/mol. The third-order valence-electron chi connectivity index (χ3n) is 3.54. The second-order valence-electron chi connectivity index (χ2n) is 5.30. The van der Waals surface area contributed by atoms with Crippen molar-refractivity contribution in [2.24, 2.45) is 5.14 Å². The van der Waals surface area contributed by atoms with Crippen LogP contribution in [0.5, 0.6) is 0 Å². The molecule has 1 heterocycles. The van der Waals surface area contributed by atoms with Gasteiger partial charge in [0.15, 0.2) is 0 Å². The molecule has 0 unspecified atom stereocenters. The number of hydrogen-bond acceptors (Lipinski definition) is 4. The van der Waals surface area contributed by atoms with E-state index in [-0.39, 0.29) is 16.1 Å². The predicted molar refractivity (Wildman–Crippen MR) is 72.9 cm³/mol. The third-order valence-corrected chi connectivity index (χ3v) is 4.51. The Kier molecular flexibility index (Phi) is 3.03. The van der Waals surface area contributed by atoms with Gasteiger partial charge in [-0.3, -0.25) is 0 Å². The summed E-state index contributed by atoms with van der Waals surface area (Å²) in [5, 5.41) is 5.17. The molecule has 5 nitrogen and oxygen atoms in total. The van der Waals surface area contributed by atoms with E-state index in [9.17, 15) is 8.42 Å².